The lowest BCUT2D eigenvalue weighted by molar-refractivity contribution is -0.172. The van der Waals surface area contributed by atoms with Gasteiger partial charge in [-0.25, -0.2) is 4.79 Å². The van der Waals surface area contributed by atoms with Gasteiger partial charge >= 0.3 is 17.9 Å². The van der Waals surface area contributed by atoms with Gasteiger partial charge in [0.05, 0.1) is 19.6 Å². The van der Waals surface area contributed by atoms with Crippen LogP contribution in [0.2, 0.25) is 0 Å². The number of hydrogen-bond donors (Lipinski definition) is 0. The highest BCUT2D eigenvalue weighted by molar-refractivity contribution is 5.84. The van der Waals surface area contributed by atoms with Crippen molar-refractivity contribution in [2.45, 2.75) is 59.5 Å². The maximum atomic E-state index is 11.8. The lowest BCUT2D eigenvalue weighted by Crippen LogP contribution is -2.32. The topological polar surface area (TPSA) is 78.9 Å². The zero-order chi connectivity index (χ0) is 16.3. The summed E-state index contributed by atoms with van der Waals surface area (Å²) in [4.78, 5) is 35.1. The average molecular weight is 302 g/mol. The Morgan fingerprint density at radius 2 is 1.43 bits per heavy atom. The Bertz CT molecular complexity index is 337. The first-order valence-corrected chi connectivity index (χ1v) is 7.42. The summed E-state index contributed by atoms with van der Waals surface area (Å²) < 4.78 is 14.9. The fourth-order valence-electron chi connectivity index (χ4n) is 1.44. The highest BCUT2D eigenvalue weighted by Crippen LogP contribution is 2.09. The van der Waals surface area contributed by atoms with E-state index in [9.17, 15) is 14.4 Å². The van der Waals surface area contributed by atoms with E-state index >= 15 is 0 Å². The average Bonchev–Trinajstić information content (AvgIpc) is 2.40. The van der Waals surface area contributed by atoms with E-state index in [2.05, 4.69) is 0 Å². The fourth-order valence-corrected chi connectivity index (χ4v) is 1.44. The Kier molecular flexibility index (Phi) is 10.3. The van der Waals surface area contributed by atoms with Crippen LogP contribution in [0.1, 0.15) is 53.4 Å². The van der Waals surface area contributed by atoms with Gasteiger partial charge in [-0.2, -0.15) is 0 Å². The highest BCUT2D eigenvalue weighted by Gasteiger charge is 2.28. The molecule has 6 heteroatoms. The van der Waals surface area contributed by atoms with Crippen molar-refractivity contribution in [2.75, 3.05) is 13.2 Å². The third kappa shape index (κ3) is 9.87. The summed E-state index contributed by atoms with van der Waals surface area (Å²) in [5.74, 6) is -1.70. The molecule has 1 atom stereocenters. The zero-order valence-corrected chi connectivity index (χ0v) is 13.3. The molecule has 0 aromatic carbocycles. The molecule has 0 spiro atoms. The molecule has 0 bridgehead atoms. The van der Waals surface area contributed by atoms with Crippen LogP contribution in [0.4, 0.5) is 0 Å². The Morgan fingerprint density at radius 3 is 1.95 bits per heavy atom. The minimum atomic E-state index is -1.23. The van der Waals surface area contributed by atoms with Crippen molar-refractivity contribution in [1.82, 2.24) is 0 Å². The molecule has 122 valence electrons. The van der Waals surface area contributed by atoms with Gasteiger partial charge in [-0.3, -0.25) is 9.59 Å². The minimum Gasteiger partial charge on any atom is -0.466 e. The van der Waals surface area contributed by atoms with Crippen molar-refractivity contribution in [3.05, 3.63) is 0 Å². The SMILES string of the molecule is CCCOC(=O)C[C@H](OC(=O)CC(C)C)C(=O)OCCC. The molecule has 0 N–H and O–H groups in total. The summed E-state index contributed by atoms with van der Waals surface area (Å²) in [6.45, 7) is 7.93. The first kappa shape index (κ1) is 19.4. The number of hydrogen-bond acceptors (Lipinski definition) is 6. The molecule has 0 rings (SSSR count). The number of carbonyl (C=O) groups excluding carboxylic acids is 3. The number of ether oxygens (including phenoxy) is 3. The van der Waals surface area contributed by atoms with Crippen LogP contribution in [0.3, 0.4) is 0 Å². The van der Waals surface area contributed by atoms with Gasteiger partial charge in [0.2, 0.25) is 6.10 Å². The number of carbonyl (C=O) groups is 3. The molecule has 0 radical (unpaired) electrons. The van der Waals surface area contributed by atoms with Crippen LogP contribution in [0.5, 0.6) is 0 Å². The quantitative estimate of drug-likeness (QED) is 0.455. The molecule has 0 heterocycles. The molecule has 0 unspecified atom stereocenters. The predicted molar refractivity (Wildman–Crippen MR) is 76.5 cm³/mol. The maximum Gasteiger partial charge on any atom is 0.348 e. The Morgan fingerprint density at radius 1 is 0.857 bits per heavy atom. The molecule has 0 saturated heterocycles. The number of rotatable bonds is 10. The molecular formula is C15H26O6. The van der Waals surface area contributed by atoms with Gasteiger partial charge in [-0.05, 0) is 18.8 Å². The largest absolute Gasteiger partial charge is 0.466 e. The third-order valence-corrected chi connectivity index (χ3v) is 2.38. The van der Waals surface area contributed by atoms with E-state index in [4.69, 9.17) is 14.2 Å². The third-order valence-electron chi connectivity index (χ3n) is 2.38. The fraction of sp³-hybridized carbons (Fsp3) is 0.800. The lowest BCUT2D eigenvalue weighted by atomic mass is 10.1. The molecule has 0 aliphatic rings. The van der Waals surface area contributed by atoms with Crippen LogP contribution in [0, 0.1) is 5.92 Å². The molecule has 0 aliphatic heterocycles. The second-order valence-corrected chi connectivity index (χ2v) is 5.17. The Balaban J connectivity index is 4.56. The van der Waals surface area contributed by atoms with Gasteiger partial charge in [-0.1, -0.05) is 27.7 Å². The summed E-state index contributed by atoms with van der Waals surface area (Å²) in [6, 6.07) is 0. The van der Waals surface area contributed by atoms with Crippen LogP contribution in [-0.2, 0) is 28.6 Å². The first-order chi connectivity index (χ1) is 9.90. The van der Waals surface area contributed by atoms with Crippen molar-refractivity contribution >= 4 is 17.9 Å². The predicted octanol–water partition coefficient (Wildman–Crippen LogP) is 2.24. The molecular weight excluding hydrogens is 276 g/mol. The maximum absolute atomic E-state index is 11.8. The van der Waals surface area contributed by atoms with E-state index in [1.54, 1.807) is 0 Å². The van der Waals surface area contributed by atoms with Crippen LogP contribution in [-0.4, -0.2) is 37.2 Å². The molecule has 0 aromatic rings. The standard InChI is InChI=1S/C15H26O6/c1-5-7-19-13(16)10-12(15(18)20-8-6-2)21-14(17)9-11(3)4/h11-12H,5-10H2,1-4H3/t12-/m0/s1. The van der Waals surface area contributed by atoms with Crippen molar-refractivity contribution in [3.8, 4) is 0 Å². The summed E-state index contributed by atoms with van der Waals surface area (Å²) in [5.41, 5.74) is 0. The van der Waals surface area contributed by atoms with Crippen LogP contribution >= 0.6 is 0 Å². The van der Waals surface area contributed by atoms with Gasteiger partial charge in [-0.15, -0.1) is 0 Å². The minimum absolute atomic E-state index is 0.108. The molecule has 0 aromatic heterocycles. The van der Waals surface area contributed by atoms with Crippen LogP contribution in [0.25, 0.3) is 0 Å². The molecule has 21 heavy (non-hydrogen) atoms. The van der Waals surface area contributed by atoms with Crippen LogP contribution in [0.15, 0.2) is 0 Å². The number of esters is 3. The smallest absolute Gasteiger partial charge is 0.348 e. The second kappa shape index (κ2) is 11.1. The zero-order valence-electron chi connectivity index (χ0n) is 13.3. The highest BCUT2D eigenvalue weighted by atomic mass is 16.6. The van der Waals surface area contributed by atoms with Gasteiger partial charge in [0.1, 0.15) is 0 Å². The summed E-state index contributed by atoms with van der Waals surface area (Å²) >= 11 is 0. The molecule has 0 amide bonds. The Labute approximate surface area is 126 Å². The van der Waals surface area contributed by atoms with Crippen LogP contribution < -0.4 is 0 Å². The lowest BCUT2D eigenvalue weighted by Gasteiger charge is -2.16. The van der Waals surface area contributed by atoms with E-state index in [0.29, 0.717) is 12.8 Å². The van der Waals surface area contributed by atoms with E-state index < -0.39 is 24.0 Å². The van der Waals surface area contributed by atoms with Crippen molar-refractivity contribution in [2.24, 2.45) is 5.92 Å². The van der Waals surface area contributed by atoms with Gasteiger partial charge in [0, 0.05) is 6.42 Å². The summed E-state index contributed by atoms with van der Waals surface area (Å²) in [7, 11) is 0. The molecule has 0 saturated carbocycles. The van der Waals surface area contributed by atoms with E-state index in [0.717, 1.165) is 0 Å². The van der Waals surface area contributed by atoms with E-state index in [1.165, 1.54) is 0 Å². The summed E-state index contributed by atoms with van der Waals surface area (Å²) in [5, 5.41) is 0. The Hall–Kier alpha value is -1.59. The monoisotopic (exact) mass is 302 g/mol. The van der Waals surface area contributed by atoms with Gasteiger partial charge in [0.15, 0.2) is 0 Å². The van der Waals surface area contributed by atoms with Crippen molar-refractivity contribution in [1.29, 1.82) is 0 Å². The first-order valence-electron chi connectivity index (χ1n) is 7.42. The van der Waals surface area contributed by atoms with E-state index in [1.807, 2.05) is 27.7 Å². The second-order valence-electron chi connectivity index (χ2n) is 5.17. The molecule has 0 aliphatic carbocycles. The van der Waals surface area contributed by atoms with Crippen molar-refractivity contribution in [3.63, 3.8) is 0 Å². The van der Waals surface area contributed by atoms with E-state index in [-0.39, 0.29) is 32.0 Å². The molecule has 0 fully saturated rings. The normalized spacial score (nSPS) is 11.9. The van der Waals surface area contributed by atoms with Gasteiger partial charge in [0.25, 0.3) is 0 Å². The van der Waals surface area contributed by atoms with Gasteiger partial charge < -0.3 is 14.2 Å². The summed E-state index contributed by atoms with van der Waals surface area (Å²) in [6.07, 6.45) is -0.0247. The van der Waals surface area contributed by atoms with Crippen molar-refractivity contribution < 1.29 is 28.6 Å². The molecule has 6 nitrogen and oxygen atoms in total.